The maximum Gasteiger partial charge on any atom is 0.176 e. The van der Waals surface area contributed by atoms with Gasteiger partial charge in [0.05, 0.1) is 0 Å². The maximum atomic E-state index is 13.4. The topological polar surface area (TPSA) is 64.6 Å². The monoisotopic (exact) mass is 401 g/mol. The second-order valence-electron chi connectivity index (χ2n) is 7.68. The SMILES string of the molecule is O=CC1(CNCC2(C=O)CCc3cc(F)ccc3O2)CCc2cc(F)ccc2O1. The number of rotatable bonds is 6. The van der Waals surface area contributed by atoms with E-state index in [0.29, 0.717) is 37.2 Å². The van der Waals surface area contributed by atoms with Crippen LogP contribution in [-0.4, -0.2) is 36.9 Å². The predicted octanol–water partition coefficient (Wildman–Crippen LogP) is 2.78. The molecule has 2 aromatic carbocycles. The minimum atomic E-state index is -1.09. The first kappa shape index (κ1) is 19.5. The van der Waals surface area contributed by atoms with E-state index in [2.05, 4.69) is 5.32 Å². The van der Waals surface area contributed by atoms with Crippen molar-refractivity contribution in [2.45, 2.75) is 36.9 Å². The fraction of sp³-hybridized carbons (Fsp3) is 0.364. The van der Waals surface area contributed by atoms with Crippen molar-refractivity contribution in [2.24, 2.45) is 0 Å². The van der Waals surface area contributed by atoms with Gasteiger partial charge in [0.1, 0.15) is 23.1 Å². The lowest BCUT2D eigenvalue weighted by molar-refractivity contribution is -0.124. The largest absolute Gasteiger partial charge is 0.478 e. The van der Waals surface area contributed by atoms with Gasteiger partial charge in [-0.25, -0.2) is 8.78 Å². The smallest absolute Gasteiger partial charge is 0.176 e. The van der Waals surface area contributed by atoms with Crippen LogP contribution in [0, 0.1) is 11.6 Å². The third kappa shape index (κ3) is 3.87. The maximum absolute atomic E-state index is 13.4. The Bertz CT molecular complexity index is 875. The van der Waals surface area contributed by atoms with Crippen LogP contribution in [0.3, 0.4) is 0 Å². The number of hydrogen-bond acceptors (Lipinski definition) is 5. The highest BCUT2D eigenvalue weighted by molar-refractivity contribution is 5.66. The number of ether oxygens (including phenoxy) is 2. The van der Waals surface area contributed by atoms with Gasteiger partial charge in [-0.05, 0) is 73.2 Å². The lowest BCUT2D eigenvalue weighted by Gasteiger charge is -2.37. The number of benzene rings is 2. The zero-order valence-electron chi connectivity index (χ0n) is 15.8. The molecule has 0 saturated heterocycles. The summed E-state index contributed by atoms with van der Waals surface area (Å²) in [4.78, 5) is 23.6. The summed E-state index contributed by atoms with van der Waals surface area (Å²) in [5.41, 5.74) is -0.729. The fourth-order valence-corrected chi connectivity index (χ4v) is 3.90. The summed E-state index contributed by atoms with van der Waals surface area (Å²) in [6, 6.07) is 8.46. The molecule has 1 N–H and O–H groups in total. The Morgan fingerprint density at radius 1 is 0.828 bits per heavy atom. The molecule has 0 radical (unpaired) electrons. The molecule has 2 unspecified atom stereocenters. The van der Waals surface area contributed by atoms with E-state index in [1.165, 1.54) is 36.4 Å². The van der Waals surface area contributed by atoms with E-state index in [9.17, 15) is 18.4 Å². The molecular formula is C22H21F2NO4. The van der Waals surface area contributed by atoms with Crippen molar-refractivity contribution >= 4 is 12.6 Å². The van der Waals surface area contributed by atoms with Gasteiger partial charge in [-0.2, -0.15) is 0 Å². The van der Waals surface area contributed by atoms with Gasteiger partial charge in [-0.15, -0.1) is 0 Å². The minimum Gasteiger partial charge on any atom is -0.478 e. The van der Waals surface area contributed by atoms with Crippen LogP contribution in [0.1, 0.15) is 24.0 Å². The number of carbonyl (C=O) groups excluding carboxylic acids is 2. The van der Waals surface area contributed by atoms with E-state index in [0.717, 1.165) is 23.7 Å². The third-order valence-electron chi connectivity index (χ3n) is 5.58. The number of nitrogens with one attached hydrogen (secondary N) is 1. The molecule has 2 aliphatic rings. The lowest BCUT2D eigenvalue weighted by atomic mass is 9.90. The van der Waals surface area contributed by atoms with Crippen LogP contribution in [0.5, 0.6) is 11.5 Å². The Hall–Kier alpha value is -2.80. The zero-order valence-corrected chi connectivity index (χ0v) is 15.8. The van der Waals surface area contributed by atoms with Crippen molar-refractivity contribution in [1.82, 2.24) is 5.32 Å². The highest BCUT2D eigenvalue weighted by Crippen LogP contribution is 2.34. The molecule has 0 bridgehead atoms. The summed E-state index contributed by atoms with van der Waals surface area (Å²) >= 11 is 0. The summed E-state index contributed by atoms with van der Waals surface area (Å²) in [5.74, 6) is 0.293. The molecule has 29 heavy (non-hydrogen) atoms. The standard InChI is InChI=1S/C22H21F2NO4/c23-17-1-3-19-15(9-17)5-7-21(13-26,28-19)11-25-12-22(14-27)8-6-16-10-18(24)2-4-20(16)29-22/h1-4,9-10,13-14,25H,5-8,11-12H2. The predicted molar refractivity (Wildman–Crippen MR) is 101 cm³/mol. The molecule has 0 fully saturated rings. The quantitative estimate of drug-likeness (QED) is 0.755. The molecule has 7 heteroatoms. The molecular weight excluding hydrogens is 380 g/mol. The first-order valence-corrected chi connectivity index (χ1v) is 9.55. The first-order valence-electron chi connectivity index (χ1n) is 9.55. The van der Waals surface area contributed by atoms with Gasteiger partial charge in [-0.1, -0.05) is 0 Å². The molecule has 152 valence electrons. The van der Waals surface area contributed by atoms with Crippen LogP contribution in [0.2, 0.25) is 0 Å². The molecule has 5 nitrogen and oxygen atoms in total. The van der Waals surface area contributed by atoms with E-state index in [1.807, 2.05) is 0 Å². The number of aldehydes is 2. The Labute approximate surface area is 167 Å². The molecule has 2 atom stereocenters. The normalized spacial score (nSPS) is 25.2. The summed E-state index contributed by atoms with van der Waals surface area (Å²) in [7, 11) is 0. The van der Waals surface area contributed by atoms with Crippen molar-refractivity contribution in [1.29, 1.82) is 0 Å². The van der Waals surface area contributed by atoms with Gasteiger partial charge in [0.15, 0.2) is 23.8 Å². The number of hydrogen-bond donors (Lipinski definition) is 1. The molecule has 2 heterocycles. The Morgan fingerprint density at radius 2 is 1.28 bits per heavy atom. The van der Waals surface area contributed by atoms with E-state index >= 15 is 0 Å². The van der Waals surface area contributed by atoms with Crippen LogP contribution < -0.4 is 14.8 Å². The molecule has 0 aliphatic carbocycles. The van der Waals surface area contributed by atoms with Gasteiger partial charge in [0, 0.05) is 13.1 Å². The van der Waals surface area contributed by atoms with Crippen molar-refractivity contribution in [3.8, 4) is 11.5 Å². The van der Waals surface area contributed by atoms with E-state index in [4.69, 9.17) is 9.47 Å². The van der Waals surface area contributed by atoms with Gasteiger partial charge < -0.3 is 14.8 Å². The van der Waals surface area contributed by atoms with Crippen LogP contribution in [-0.2, 0) is 22.4 Å². The lowest BCUT2D eigenvalue weighted by Crippen LogP contribution is -2.55. The average molecular weight is 401 g/mol. The minimum absolute atomic E-state index is 0.183. The van der Waals surface area contributed by atoms with Crippen molar-refractivity contribution < 1.29 is 27.8 Å². The first-order chi connectivity index (χ1) is 14.0. The number of aryl methyl sites for hydroxylation is 2. The van der Waals surface area contributed by atoms with Crippen molar-refractivity contribution in [2.75, 3.05) is 13.1 Å². The number of carbonyl (C=O) groups is 2. The zero-order chi connectivity index (χ0) is 20.5. The Kier molecular flexibility index (Phi) is 5.08. The number of halogens is 2. The summed E-state index contributed by atoms with van der Waals surface area (Å²) in [6.07, 6.45) is 3.33. The molecule has 4 rings (SSSR count). The van der Waals surface area contributed by atoms with E-state index in [-0.39, 0.29) is 24.7 Å². The van der Waals surface area contributed by atoms with Crippen LogP contribution >= 0.6 is 0 Å². The summed E-state index contributed by atoms with van der Waals surface area (Å²) in [6.45, 7) is 0.366. The third-order valence-corrected chi connectivity index (χ3v) is 5.58. The van der Waals surface area contributed by atoms with E-state index in [1.54, 1.807) is 0 Å². The van der Waals surface area contributed by atoms with E-state index < -0.39 is 11.2 Å². The number of fused-ring (bicyclic) bond motifs is 2. The van der Waals surface area contributed by atoms with Crippen LogP contribution in [0.4, 0.5) is 8.78 Å². The highest BCUT2D eigenvalue weighted by atomic mass is 19.1. The van der Waals surface area contributed by atoms with Crippen LogP contribution in [0.15, 0.2) is 36.4 Å². The second kappa shape index (κ2) is 7.55. The average Bonchev–Trinajstić information content (AvgIpc) is 2.74. The second-order valence-corrected chi connectivity index (χ2v) is 7.68. The van der Waals surface area contributed by atoms with Crippen molar-refractivity contribution in [3.63, 3.8) is 0 Å². The summed E-state index contributed by atoms with van der Waals surface area (Å²) < 4.78 is 38.5. The van der Waals surface area contributed by atoms with Gasteiger partial charge >= 0.3 is 0 Å². The Balaban J connectivity index is 1.43. The van der Waals surface area contributed by atoms with Crippen molar-refractivity contribution in [3.05, 3.63) is 59.2 Å². The molecule has 0 amide bonds. The molecule has 0 saturated carbocycles. The van der Waals surface area contributed by atoms with Crippen LogP contribution in [0.25, 0.3) is 0 Å². The van der Waals surface area contributed by atoms with Gasteiger partial charge in [-0.3, -0.25) is 9.59 Å². The highest BCUT2D eigenvalue weighted by Gasteiger charge is 2.40. The molecule has 0 spiro atoms. The molecule has 2 aliphatic heterocycles. The molecule has 2 aromatic rings. The summed E-state index contributed by atoms with van der Waals surface area (Å²) in [5, 5.41) is 3.13. The Morgan fingerprint density at radius 3 is 1.69 bits per heavy atom. The molecule has 0 aromatic heterocycles. The fourth-order valence-electron chi connectivity index (χ4n) is 3.90. The van der Waals surface area contributed by atoms with Gasteiger partial charge in [0.2, 0.25) is 0 Å². The van der Waals surface area contributed by atoms with Gasteiger partial charge in [0.25, 0.3) is 0 Å².